The van der Waals surface area contributed by atoms with Gasteiger partial charge in [-0.25, -0.2) is 0 Å². The normalized spacial score (nSPS) is 13.1. The van der Waals surface area contributed by atoms with E-state index in [-0.39, 0.29) is 6.04 Å². The summed E-state index contributed by atoms with van der Waals surface area (Å²) in [5.41, 5.74) is 7.28. The van der Waals surface area contributed by atoms with E-state index in [2.05, 4.69) is 15.9 Å². The van der Waals surface area contributed by atoms with E-state index < -0.39 is 0 Å². The van der Waals surface area contributed by atoms with Gasteiger partial charge in [0, 0.05) is 14.2 Å². The molecule has 1 atom stereocenters. The van der Waals surface area contributed by atoms with Crippen molar-refractivity contribution in [3.05, 3.63) is 41.6 Å². The van der Waals surface area contributed by atoms with Crippen LogP contribution in [0.4, 0.5) is 0 Å². The SMILES string of the molecule is Cc1csc(C(N)c2sccc2Br)c1Cl. The molecule has 2 aromatic rings. The summed E-state index contributed by atoms with van der Waals surface area (Å²) in [7, 11) is 0. The van der Waals surface area contributed by atoms with E-state index >= 15 is 0 Å². The Balaban J connectivity index is 2.41. The van der Waals surface area contributed by atoms with Crippen LogP contribution in [0.1, 0.15) is 21.4 Å². The molecule has 0 amide bonds. The molecule has 0 aliphatic rings. The van der Waals surface area contributed by atoms with Crippen molar-refractivity contribution in [2.45, 2.75) is 13.0 Å². The van der Waals surface area contributed by atoms with Gasteiger partial charge in [0.2, 0.25) is 0 Å². The summed E-state index contributed by atoms with van der Waals surface area (Å²) in [4.78, 5) is 2.16. The minimum Gasteiger partial charge on any atom is -0.319 e. The number of rotatable bonds is 2. The lowest BCUT2D eigenvalue weighted by Gasteiger charge is -2.09. The van der Waals surface area contributed by atoms with Gasteiger partial charge in [0.1, 0.15) is 0 Å². The number of aryl methyl sites for hydroxylation is 1. The van der Waals surface area contributed by atoms with Crippen LogP contribution >= 0.6 is 50.2 Å². The van der Waals surface area contributed by atoms with Crippen LogP contribution in [0.3, 0.4) is 0 Å². The lowest BCUT2D eigenvalue weighted by Crippen LogP contribution is -2.09. The minimum absolute atomic E-state index is 0.120. The standard InChI is InChI=1S/C10H9BrClNS2/c1-5-4-15-10(7(5)12)8(13)9-6(11)2-3-14-9/h2-4,8H,13H2,1H3. The lowest BCUT2D eigenvalue weighted by molar-refractivity contribution is 0.911. The van der Waals surface area contributed by atoms with Crippen molar-refractivity contribution in [2.24, 2.45) is 5.73 Å². The quantitative estimate of drug-likeness (QED) is 0.860. The molecule has 0 fully saturated rings. The van der Waals surface area contributed by atoms with Gasteiger partial charge in [-0.15, -0.1) is 22.7 Å². The van der Waals surface area contributed by atoms with E-state index in [4.69, 9.17) is 17.3 Å². The summed E-state index contributed by atoms with van der Waals surface area (Å²) in [6.07, 6.45) is 0. The van der Waals surface area contributed by atoms with E-state index in [1.807, 2.05) is 23.8 Å². The average molecular weight is 323 g/mol. The Morgan fingerprint density at radius 3 is 2.60 bits per heavy atom. The third kappa shape index (κ3) is 2.15. The van der Waals surface area contributed by atoms with Crippen LogP contribution in [0.15, 0.2) is 21.3 Å². The molecule has 1 unspecified atom stereocenters. The minimum atomic E-state index is -0.120. The van der Waals surface area contributed by atoms with Gasteiger partial charge in [0.25, 0.3) is 0 Å². The number of halogens is 2. The van der Waals surface area contributed by atoms with Crippen molar-refractivity contribution in [1.29, 1.82) is 0 Å². The van der Waals surface area contributed by atoms with Crippen LogP contribution in [0, 0.1) is 6.92 Å². The first-order valence-electron chi connectivity index (χ1n) is 4.33. The maximum atomic E-state index is 6.19. The predicted octanol–water partition coefficient (Wildman–Crippen LogP) is 4.58. The molecule has 80 valence electrons. The molecule has 0 aromatic carbocycles. The van der Waals surface area contributed by atoms with E-state index in [1.54, 1.807) is 22.7 Å². The van der Waals surface area contributed by atoms with Crippen molar-refractivity contribution < 1.29 is 0 Å². The molecule has 5 heteroatoms. The third-order valence-electron chi connectivity index (χ3n) is 2.13. The highest BCUT2D eigenvalue weighted by Crippen LogP contribution is 2.38. The Morgan fingerprint density at radius 2 is 2.13 bits per heavy atom. The summed E-state index contributed by atoms with van der Waals surface area (Å²) in [5, 5.41) is 4.86. The average Bonchev–Trinajstić information content (AvgIpc) is 2.75. The van der Waals surface area contributed by atoms with Gasteiger partial charge in [-0.2, -0.15) is 0 Å². The highest BCUT2D eigenvalue weighted by molar-refractivity contribution is 9.10. The highest BCUT2D eigenvalue weighted by atomic mass is 79.9. The van der Waals surface area contributed by atoms with E-state index in [1.165, 1.54) is 0 Å². The lowest BCUT2D eigenvalue weighted by atomic mass is 10.2. The zero-order valence-electron chi connectivity index (χ0n) is 7.96. The predicted molar refractivity (Wildman–Crippen MR) is 72.1 cm³/mol. The maximum absolute atomic E-state index is 6.19. The van der Waals surface area contributed by atoms with Gasteiger partial charge < -0.3 is 5.73 Å². The van der Waals surface area contributed by atoms with Crippen molar-refractivity contribution in [1.82, 2.24) is 0 Å². The van der Waals surface area contributed by atoms with Crippen LogP contribution in [0.2, 0.25) is 5.02 Å². The first-order chi connectivity index (χ1) is 7.11. The van der Waals surface area contributed by atoms with Gasteiger partial charge >= 0.3 is 0 Å². The smallest absolute Gasteiger partial charge is 0.0766 e. The number of hydrogen-bond donors (Lipinski definition) is 1. The Labute approximate surface area is 110 Å². The number of thiophene rings is 2. The monoisotopic (exact) mass is 321 g/mol. The van der Waals surface area contributed by atoms with E-state index in [9.17, 15) is 0 Å². The van der Waals surface area contributed by atoms with Crippen LogP contribution in [0.5, 0.6) is 0 Å². The zero-order valence-corrected chi connectivity index (χ0v) is 11.9. The van der Waals surface area contributed by atoms with Crippen LogP contribution < -0.4 is 5.73 Å². The molecule has 0 aliphatic heterocycles. The van der Waals surface area contributed by atoms with Crippen LogP contribution in [-0.4, -0.2) is 0 Å². The molecule has 2 rings (SSSR count). The molecule has 2 heterocycles. The molecule has 0 saturated carbocycles. The van der Waals surface area contributed by atoms with Crippen LogP contribution in [0.25, 0.3) is 0 Å². The van der Waals surface area contributed by atoms with E-state index in [0.29, 0.717) is 0 Å². The molecule has 0 saturated heterocycles. The summed E-state index contributed by atoms with van der Waals surface area (Å²) >= 11 is 12.9. The second kappa shape index (κ2) is 4.55. The number of nitrogens with two attached hydrogens (primary N) is 1. The fourth-order valence-electron chi connectivity index (χ4n) is 1.31. The topological polar surface area (TPSA) is 26.0 Å². The largest absolute Gasteiger partial charge is 0.319 e. The van der Waals surface area contributed by atoms with Gasteiger partial charge in [-0.05, 0) is 45.2 Å². The molecule has 15 heavy (non-hydrogen) atoms. The van der Waals surface area contributed by atoms with Gasteiger partial charge in [0.15, 0.2) is 0 Å². The summed E-state index contributed by atoms with van der Waals surface area (Å²) in [6, 6.07) is 1.89. The van der Waals surface area contributed by atoms with Gasteiger partial charge in [-0.1, -0.05) is 11.6 Å². The maximum Gasteiger partial charge on any atom is 0.0766 e. The Bertz CT molecular complexity index is 477. The van der Waals surface area contributed by atoms with Crippen molar-refractivity contribution in [3.63, 3.8) is 0 Å². The molecular weight excluding hydrogens is 314 g/mol. The second-order valence-electron chi connectivity index (χ2n) is 3.21. The Morgan fingerprint density at radius 1 is 1.40 bits per heavy atom. The van der Waals surface area contributed by atoms with Crippen LogP contribution in [-0.2, 0) is 0 Å². The molecule has 2 aromatic heterocycles. The van der Waals surface area contributed by atoms with Crippen molar-refractivity contribution in [3.8, 4) is 0 Å². The van der Waals surface area contributed by atoms with Crippen molar-refractivity contribution in [2.75, 3.05) is 0 Å². The summed E-state index contributed by atoms with van der Waals surface area (Å²) in [5.74, 6) is 0. The molecule has 0 spiro atoms. The third-order valence-corrected chi connectivity index (χ3v) is 5.89. The zero-order chi connectivity index (χ0) is 11.0. The van der Waals surface area contributed by atoms with Crippen molar-refractivity contribution >= 4 is 50.2 Å². The first-order valence-corrected chi connectivity index (χ1v) is 7.26. The Hall–Kier alpha value is 0.130. The van der Waals surface area contributed by atoms with Gasteiger partial charge in [-0.3, -0.25) is 0 Å². The Kier molecular flexibility index (Phi) is 3.52. The first kappa shape index (κ1) is 11.6. The fraction of sp³-hybridized carbons (Fsp3) is 0.200. The number of hydrogen-bond acceptors (Lipinski definition) is 3. The molecule has 0 radical (unpaired) electrons. The molecule has 2 N–H and O–H groups in total. The highest BCUT2D eigenvalue weighted by Gasteiger charge is 2.19. The molecule has 0 bridgehead atoms. The van der Waals surface area contributed by atoms with E-state index in [0.717, 1.165) is 24.8 Å². The molecule has 0 aliphatic carbocycles. The summed E-state index contributed by atoms with van der Waals surface area (Å²) < 4.78 is 1.06. The molecular formula is C10H9BrClNS2. The molecule has 1 nitrogen and oxygen atoms in total. The fourth-order valence-corrected chi connectivity index (χ4v) is 4.33. The van der Waals surface area contributed by atoms with Gasteiger partial charge in [0.05, 0.1) is 11.1 Å². The second-order valence-corrected chi connectivity index (χ2v) is 6.30. The summed E-state index contributed by atoms with van der Waals surface area (Å²) in [6.45, 7) is 2.00.